The first kappa shape index (κ1) is 11.3. The highest BCUT2D eigenvalue weighted by Gasteiger charge is 2.17. The Morgan fingerprint density at radius 2 is 1.78 bits per heavy atom. The fourth-order valence-corrected chi connectivity index (χ4v) is 2.32. The summed E-state index contributed by atoms with van der Waals surface area (Å²) < 4.78 is 27.3. The highest BCUT2D eigenvalue weighted by molar-refractivity contribution is 5.79. The molecule has 0 aliphatic carbocycles. The van der Waals surface area contributed by atoms with Crippen molar-refractivity contribution >= 4 is 16.9 Å². The minimum absolute atomic E-state index is 0.127. The normalized spacial score (nSPS) is 16.2. The van der Waals surface area contributed by atoms with Gasteiger partial charge in [-0.05, 0) is 31.4 Å². The van der Waals surface area contributed by atoms with Crippen LogP contribution in [0.5, 0.6) is 0 Å². The van der Waals surface area contributed by atoms with Crippen LogP contribution in [-0.4, -0.2) is 23.1 Å². The lowest BCUT2D eigenvalue weighted by atomic mass is 10.1. The summed E-state index contributed by atoms with van der Waals surface area (Å²) >= 11 is 0. The van der Waals surface area contributed by atoms with Crippen LogP contribution in [-0.2, 0) is 0 Å². The van der Waals surface area contributed by atoms with Crippen molar-refractivity contribution in [3.8, 4) is 0 Å². The van der Waals surface area contributed by atoms with E-state index in [1.807, 2.05) is 4.90 Å². The Bertz CT molecular complexity index is 580. The van der Waals surface area contributed by atoms with Gasteiger partial charge in [0.05, 0.1) is 10.9 Å². The van der Waals surface area contributed by atoms with Crippen LogP contribution >= 0.6 is 0 Å². The molecule has 1 aromatic heterocycles. The van der Waals surface area contributed by atoms with Gasteiger partial charge in [-0.2, -0.15) is 9.37 Å². The van der Waals surface area contributed by atoms with E-state index in [-0.39, 0.29) is 5.39 Å². The molecule has 2 aromatic rings. The fraction of sp³-hybridized carbons (Fsp3) is 0.385. The third kappa shape index (κ3) is 1.89. The van der Waals surface area contributed by atoms with Crippen LogP contribution in [0.4, 0.5) is 14.7 Å². The van der Waals surface area contributed by atoms with E-state index in [0.717, 1.165) is 25.9 Å². The average Bonchev–Trinajstić information content (AvgIpc) is 2.39. The Hall–Kier alpha value is -1.78. The number of fused-ring (bicyclic) bond motifs is 1. The zero-order valence-electron chi connectivity index (χ0n) is 9.87. The van der Waals surface area contributed by atoms with E-state index in [2.05, 4.69) is 9.97 Å². The zero-order valence-corrected chi connectivity index (χ0v) is 9.87. The van der Waals surface area contributed by atoms with Crippen molar-refractivity contribution in [1.29, 1.82) is 0 Å². The maximum atomic E-state index is 13.8. The van der Waals surface area contributed by atoms with Crippen molar-refractivity contribution in [2.75, 3.05) is 18.0 Å². The number of piperidine rings is 1. The summed E-state index contributed by atoms with van der Waals surface area (Å²) in [6, 6.07) is 4.36. The van der Waals surface area contributed by atoms with Crippen LogP contribution in [0, 0.1) is 11.8 Å². The lowest BCUT2D eigenvalue weighted by Gasteiger charge is -2.26. The number of nitrogens with zero attached hydrogens (tertiary/aromatic N) is 3. The third-order valence-corrected chi connectivity index (χ3v) is 3.26. The fourth-order valence-electron chi connectivity index (χ4n) is 2.32. The molecule has 0 saturated carbocycles. The Kier molecular flexibility index (Phi) is 2.81. The van der Waals surface area contributed by atoms with Crippen LogP contribution in [0.3, 0.4) is 0 Å². The molecule has 1 aliphatic heterocycles. The second-order valence-electron chi connectivity index (χ2n) is 4.50. The molecule has 18 heavy (non-hydrogen) atoms. The Balaban J connectivity index is 2.09. The Labute approximate surface area is 103 Å². The summed E-state index contributed by atoms with van der Waals surface area (Å²) in [5.41, 5.74) is 0.322. The molecule has 1 fully saturated rings. The predicted molar refractivity (Wildman–Crippen MR) is 65.5 cm³/mol. The van der Waals surface area contributed by atoms with E-state index in [1.54, 1.807) is 6.07 Å². The molecule has 3 nitrogen and oxygen atoms in total. The van der Waals surface area contributed by atoms with Crippen LogP contribution < -0.4 is 4.90 Å². The topological polar surface area (TPSA) is 29.0 Å². The highest BCUT2D eigenvalue weighted by atomic mass is 19.1. The molecule has 1 saturated heterocycles. The minimum Gasteiger partial charge on any atom is -0.341 e. The summed E-state index contributed by atoms with van der Waals surface area (Å²) in [4.78, 5) is 10.0. The molecule has 3 rings (SSSR count). The Morgan fingerprint density at radius 1 is 1.00 bits per heavy atom. The third-order valence-electron chi connectivity index (χ3n) is 3.26. The van der Waals surface area contributed by atoms with Gasteiger partial charge in [-0.15, -0.1) is 0 Å². The number of benzene rings is 1. The summed E-state index contributed by atoms with van der Waals surface area (Å²) in [5, 5.41) is -0.127. The Morgan fingerprint density at radius 3 is 2.56 bits per heavy atom. The van der Waals surface area contributed by atoms with Crippen molar-refractivity contribution in [2.24, 2.45) is 0 Å². The molecular weight excluding hydrogens is 236 g/mol. The van der Waals surface area contributed by atoms with Gasteiger partial charge in [0.2, 0.25) is 11.9 Å². The van der Waals surface area contributed by atoms with Crippen molar-refractivity contribution < 1.29 is 8.78 Å². The number of rotatable bonds is 1. The summed E-state index contributed by atoms with van der Waals surface area (Å²) in [6.07, 6.45) is 3.31. The number of hydrogen-bond donors (Lipinski definition) is 0. The molecule has 5 heteroatoms. The molecular formula is C13H13F2N3. The van der Waals surface area contributed by atoms with Crippen LogP contribution in [0.1, 0.15) is 19.3 Å². The lowest BCUT2D eigenvalue weighted by Crippen LogP contribution is -2.31. The van der Waals surface area contributed by atoms with Crippen LogP contribution in [0.15, 0.2) is 18.2 Å². The number of halogens is 2. The summed E-state index contributed by atoms with van der Waals surface area (Å²) in [6.45, 7) is 1.67. The van der Waals surface area contributed by atoms with Gasteiger partial charge in [-0.1, -0.05) is 6.07 Å². The van der Waals surface area contributed by atoms with Gasteiger partial charge in [0.25, 0.3) is 0 Å². The minimum atomic E-state index is -0.779. The molecule has 0 atom stereocenters. The van der Waals surface area contributed by atoms with Crippen molar-refractivity contribution in [3.63, 3.8) is 0 Å². The summed E-state index contributed by atoms with van der Waals surface area (Å²) in [5.74, 6) is -1.03. The first-order valence-electron chi connectivity index (χ1n) is 6.12. The number of hydrogen-bond acceptors (Lipinski definition) is 3. The number of aromatic nitrogens is 2. The molecule has 1 aromatic carbocycles. The first-order chi connectivity index (χ1) is 8.75. The second kappa shape index (κ2) is 4.48. The molecule has 0 unspecified atom stereocenters. The molecule has 1 aliphatic rings. The summed E-state index contributed by atoms with van der Waals surface area (Å²) in [7, 11) is 0. The van der Waals surface area contributed by atoms with Crippen LogP contribution in [0.2, 0.25) is 0 Å². The largest absolute Gasteiger partial charge is 0.341 e. The van der Waals surface area contributed by atoms with Gasteiger partial charge < -0.3 is 4.90 Å². The van der Waals surface area contributed by atoms with E-state index >= 15 is 0 Å². The monoisotopic (exact) mass is 249 g/mol. The maximum absolute atomic E-state index is 13.8. The average molecular weight is 249 g/mol. The van der Waals surface area contributed by atoms with Gasteiger partial charge in [-0.3, -0.25) is 0 Å². The van der Waals surface area contributed by atoms with E-state index in [0.29, 0.717) is 11.5 Å². The zero-order chi connectivity index (χ0) is 12.5. The SMILES string of the molecule is Fc1cccc2nc(N3CCCCC3)nc(F)c12. The van der Waals surface area contributed by atoms with Gasteiger partial charge in [0, 0.05) is 13.1 Å². The molecule has 0 amide bonds. The maximum Gasteiger partial charge on any atom is 0.228 e. The molecule has 0 N–H and O–H groups in total. The standard InChI is InChI=1S/C13H13F2N3/c14-9-5-4-6-10-11(9)12(15)17-13(16-10)18-7-2-1-3-8-18/h4-6H,1-3,7-8H2. The molecule has 0 spiro atoms. The smallest absolute Gasteiger partial charge is 0.228 e. The number of anilines is 1. The van der Waals surface area contributed by atoms with Crippen molar-refractivity contribution in [3.05, 3.63) is 30.0 Å². The molecule has 2 heterocycles. The van der Waals surface area contributed by atoms with E-state index < -0.39 is 11.8 Å². The molecule has 0 bridgehead atoms. The van der Waals surface area contributed by atoms with Crippen LogP contribution in [0.25, 0.3) is 10.9 Å². The van der Waals surface area contributed by atoms with E-state index in [4.69, 9.17) is 0 Å². The van der Waals surface area contributed by atoms with Gasteiger partial charge >= 0.3 is 0 Å². The van der Waals surface area contributed by atoms with Gasteiger partial charge in [-0.25, -0.2) is 9.37 Å². The quantitative estimate of drug-likeness (QED) is 0.728. The molecule has 0 radical (unpaired) electrons. The van der Waals surface area contributed by atoms with Crippen molar-refractivity contribution in [1.82, 2.24) is 9.97 Å². The lowest BCUT2D eigenvalue weighted by molar-refractivity contribution is 0.547. The first-order valence-corrected chi connectivity index (χ1v) is 6.12. The second-order valence-corrected chi connectivity index (χ2v) is 4.50. The highest BCUT2D eigenvalue weighted by Crippen LogP contribution is 2.22. The van der Waals surface area contributed by atoms with Gasteiger partial charge in [0.15, 0.2) is 0 Å². The van der Waals surface area contributed by atoms with E-state index in [1.165, 1.54) is 18.6 Å². The van der Waals surface area contributed by atoms with Crippen molar-refractivity contribution in [2.45, 2.75) is 19.3 Å². The van der Waals surface area contributed by atoms with Gasteiger partial charge in [0.1, 0.15) is 5.82 Å². The molecule has 94 valence electrons. The van der Waals surface area contributed by atoms with E-state index in [9.17, 15) is 8.78 Å². The predicted octanol–water partition coefficient (Wildman–Crippen LogP) is 2.90.